The second-order valence-corrected chi connectivity index (χ2v) is 6.11. The lowest BCUT2D eigenvalue weighted by molar-refractivity contribution is -0.121. The van der Waals surface area contributed by atoms with Crippen molar-refractivity contribution in [2.45, 2.75) is 31.7 Å². The van der Waals surface area contributed by atoms with Gasteiger partial charge in [0.25, 0.3) is 0 Å². The number of carbonyl (C=O) groups is 2. The first-order chi connectivity index (χ1) is 10.7. The topological polar surface area (TPSA) is 52.7 Å². The average Bonchev–Trinajstić information content (AvgIpc) is 2.55. The highest BCUT2D eigenvalue weighted by atomic mass is 16.2. The highest BCUT2D eigenvalue weighted by molar-refractivity contribution is 5.96. The van der Waals surface area contributed by atoms with Crippen molar-refractivity contribution in [3.05, 3.63) is 35.9 Å². The molecule has 2 fully saturated rings. The molecule has 0 saturated carbocycles. The van der Waals surface area contributed by atoms with Gasteiger partial charge in [0.2, 0.25) is 5.91 Å². The highest BCUT2D eigenvalue weighted by Gasteiger charge is 2.31. The fourth-order valence-corrected chi connectivity index (χ4v) is 3.31. The Hall–Kier alpha value is -1.88. The molecular weight excluding hydrogens is 278 g/mol. The van der Waals surface area contributed by atoms with E-state index in [2.05, 4.69) is 34.5 Å². The number of nitrogens with one attached hydrogen (secondary N) is 1. The molecular formula is C17H23N3O2. The van der Waals surface area contributed by atoms with Crippen molar-refractivity contribution in [1.82, 2.24) is 15.1 Å². The van der Waals surface area contributed by atoms with E-state index in [1.165, 1.54) is 5.56 Å². The van der Waals surface area contributed by atoms with Gasteiger partial charge < -0.3 is 9.80 Å². The quantitative estimate of drug-likeness (QED) is 0.920. The van der Waals surface area contributed by atoms with E-state index in [0.29, 0.717) is 13.0 Å². The monoisotopic (exact) mass is 301 g/mol. The molecule has 22 heavy (non-hydrogen) atoms. The van der Waals surface area contributed by atoms with E-state index in [1.807, 2.05) is 11.0 Å². The Morgan fingerprint density at radius 3 is 2.45 bits per heavy atom. The number of hydrogen-bond acceptors (Lipinski definition) is 3. The molecule has 1 aromatic rings. The van der Waals surface area contributed by atoms with Crippen LogP contribution in [-0.2, 0) is 11.2 Å². The van der Waals surface area contributed by atoms with Gasteiger partial charge in [-0.3, -0.25) is 10.1 Å². The zero-order valence-electron chi connectivity index (χ0n) is 12.8. The van der Waals surface area contributed by atoms with Crippen LogP contribution < -0.4 is 5.32 Å². The normalized spacial score (nSPS) is 21.0. The van der Waals surface area contributed by atoms with Crippen LogP contribution in [-0.4, -0.2) is 54.0 Å². The molecule has 2 aliphatic heterocycles. The molecule has 0 spiro atoms. The average molecular weight is 301 g/mol. The molecule has 0 radical (unpaired) electrons. The number of benzene rings is 1. The van der Waals surface area contributed by atoms with Gasteiger partial charge in [0.15, 0.2) is 0 Å². The minimum atomic E-state index is -0.209. The standard InChI is InChI=1S/C17H23N3O2/c21-16-9-13-20(17(22)18-16)15-7-11-19(12-8-15)10-6-14-4-2-1-3-5-14/h1-5,15H,6-13H2,(H,18,21,22). The lowest BCUT2D eigenvalue weighted by atomic mass is 10.0. The van der Waals surface area contributed by atoms with Gasteiger partial charge in [-0.15, -0.1) is 0 Å². The van der Waals surface area contributed by atoms with Crippen molar-refractivity contribution in [3.63, 3.8) is 0 Å². The van der Waals surface area contributed by atoms with Gasteiger partial charge in [-0.25, -0.2) is 4.79 Å². The molecule has 0 atom stereocenters. The lowest BCUT2D eigenvalue weighted by Gasteiger charge is -2.39. The first-order valence-electron chi connectivity index (χ1n) is 8.09. The Morgan fingerprint density at radius 2 is 1.77 bits per heavy atom. The summed E-state index contributed by atoms with van der Waals surface area (Å²) in [6, 6.07) is 10.6. The highest BCUT2D eigenvalue weighted by Crippen LogP contribution is 2.19. The second kappa shape index (κ2) is 6.92. The van der Waals surface area contributed by atoms with Gasteiger partial charge in [0.05, 0.1) is 0 Å². The molecule has 5 heteroatoms. The molecule has 0 aliphatic carbocycles. The summed E-state index contributed by atoms with van der Waals surface area (Å²) in [5.41, 5.74) is 1.37. The van der Waals surface area contributed by atoms with Gasteiger partial charge in [0.1, 0.15) is 0 Å². The predicted molar refractivity (Wildman–Crippen MR) is 84.5 cm³/mol. The number of piperidine rings is 1. The fraction of sp³-hybridized carbons (Fsp3) is 0.529. The Labute approximate surface area is 131 Å². The number of rotatable bonds is 4. The summed E-state index contributed by atoms with van der Waals surface area (Å²) in [4.78, 5) is 27.4. The maximum atomic E-state index is 11.9. The first-order valence-corrected chi connectivity index (χ1v) is 8.09. The minimum absolute atomic E-state index is 0.151. The number of imide groups is 1. The molecule has 0 unspecified atom stereocenters. The Morgan fingerprint density at radius 1 is 1.05 bits per heavy atom. The number of amides is 3. The number of carbonyl (C=O) groups excluding carboxylic acids is 2. The Kier molecular flexibility index (Phi) is 4.73. The van der Waals surface area contributed by atoms with Crippen molar-refractivity contribution in [1.29, 1.82) is 0 Å². The van der Waals surface area contributed by atoms with E-state index in [-0.39, 0.29) is 18.0 Å². The summed E-state index contributed by atoms with van der Waals surface area (Å²) >= 11 is 0. The summed E-state index contributed by atoms with van der Waals surface area (Å²) in [5.74, 6) is -0.151. The van der Waals surface area contributed by atoms with Crippen LogP contribution in [0.2, 0.25) is 0 Å². The van der Waals surface area contributed by atoms with Gasteiger partial charge in [-0.05, 0) is 24.8 Å². The van der Waals surface area contributed by atoms with Crippen LogP contribution in [0.3, 0.4) is 0 Å². The van der Waals surface area contributed by atoms with Crippen molar-refractivity contribution in [2.24, 2.45) is 0 Å². The maximum absolute atomic E-state index is 11.9. The summed E-state index contributed by atoms with van der Waals surface area (Å²) in [7, 11) is 0. The van der Waals surface area contributed by atoms with Crippen molar-refractivity contribution < 1.29 is 9.59 Å². The van der Waals surface area contributed by atoms with E-state index < -0.39 is 0 Å². The number of hydrogen-bond donors (Lipinski definition) is 1. The van der Waals surface area contributed by atoms with Crippen LogP contribution >= 0.6 is 0 Å². The van der Waals surface area contributed by atoms with Gasteiger partial charge in [0, 0.05) is 38.6 Å². The molecule has 118 valence electrons. The van der Waals surface area contributed by atoms with E-state index in [4.69, 9.17) is 0 Å². The first kappa shape index (κ1) is 15.0. The SMILES string of the molecule is O=C1CCN(C2CCN(CCc3ccccc3)CC2)C(=O)N1. The zero-order valence-corrected chi connectivity index (χ0v) is 12.8. The summed E-state index contributed by atoms with van der Waals surface area (Å²) in [6.07, 6.45) is 3.50. The van der Waals surface area contributed by atoms with Gasteiger partial charge >= 0.3 is 6.03 Å². The molecule has 5 nitrogen and oxygen atoms in total. The lowest BCUT2D eigenvalue weighted by Crippen LogP contribution is -2.56. The molecule has 2 aliphatic rings. The van der Waals surface area contributed by atoms with Crippen LogP contribution in [0.15, 0.2) is 30.3 Å². The molecule has 2 heterocycles. The van der Waals surface area contributed by atoms with E-state index >= 15 is 0 Å². The summed E-state index contributed by atoms with van der Waals surface area (Å²) in [6.45, 7) is 3.69. The molecule has 2 saturated heterocycles. The van der Waals surface area contributed by atoms with Crippen LogP contribution in [0.25, 0.3) is 0 Å². The third-order valence-electron chi connectivity index (χ3n) is 4.64. The molecule has 3 rings (SSSR count). The van der Waals surface area contributed by atoms with Crippen molar-refractivity contribution in [2.75, 3.05) is 26.2 Å². The van der Waals surface area contributed by atoms with Gasteiger partial charge in [-0.1, -0.05) is 30.3 Å². The van der Waals surface area contributed by atoms with Crippen LogP contribution in [0, 0.1) is 0 Å². The number of nitrogens with zero attached hydrogens (tertiary/aromatic N) is 2. The van der Waals surface area contributed by atoms with Crippen LogP contribution in [0.4, 0.5) is 4.79 Å². The van der Waals surface area contributed by atoms with Gasteiger partial charge in [-0.2, -0.15) is 0 Å². The summed E-state index contributed by atoms with van der Waals surface area (Å²) in [5, 5.41) is 2.42. The van der Waals surface area contributed by atoms with Crippen LogP contribution in [0.1, 0.15) is 24.8 Å². The summed E-state index contributed by atoms with van der Waals surface area (Å²) < 4.78 is 0. The zero-order chi connectivity index (χ0) is 15.4. The van der Waals surface area contributed by atoms with E-state index in [0.717, 1.165) is 38.9 Å². The smallest absolute Gasteiger partial charge is 0.321 e. The predicted octanol–water partition coefficient (Wildman–Crippen LogP) is 1.64. The molecule has 1 N–H and O–H groups in total. The Bertz CT molecular complexity index is 524. The van der Waals surface area contributed by atoms with E-state index in [9.17, 15) is 9.59 Å². The largest absolute Gasteiger partial charge is 0.324 e. The molecule has 1 aromatic carbocycles. The number of likely N-dealkylation sites (tertiary alicyclic amines) is 1. The third kappa shape index (κ3) is 3.65. The minimum Gasteiger partial charge on any atom is -0.321 e. The van der Waals surface area contributed by atoms with Crippen LogP contribution in [0.5, 0.6) is 0 Å². The number of urea groups is 1. The molecule has 0 aromatic heterocycles. The molecule has 3 amide bonds. The van der Waals surface area contributed by atoms with Crippen molar-refractivity contribution in [3.8, 4) is 0 Å². The van der Waals surface area contributed by atoms with E-state index in [1.54, 1.807) is 0 Å². The maximum Gasteiger partial charge on any atom is 0.324 e. The second-order valence-electron chi connectivity index (χ2n) is 6.11. The third-order valence-corrected chi connectivity index (χ3v) is 4.64. The van der Waals surface area contributed by atoms with Crippen molar-refractivity contribution >= 4 is 11.9 Å². The fourth-order valence-electron chi connectivity index (χ4n) is 3.31. The Balaban J connectivity index is 1.44. The molecule has 0 bridgehead atoms.